The number of carbonyl (C=O) groups is 1. The maximum Gasteiger partial charge on any atom is 0.328 e. The van der Waals surface area contributed by atoms with Gasteiger partial charge in [0.2, 0.25) is 0 Å². The molecule has 2 saturated carbocycles. The van der Waals surface area contributed by atoms with Crippen LogP contribution in [0.25, 0.3) is 0 Å². The highest BCUT2D eigenvalue weighted by molar-refractivity contribution is 5.80. The normalized spacial score (nSPS) is 37.2. The molecule has 0 aromatic carbocycles. The van der Waals surface area contributed by atoms with Crippen LogP contribution in [-0.2, 0) is 4.79 Å². The van der Waals surface area contributed by atoms with Crippen molar-refractivity contribution >= 4 is 5.97 Å². The van der Waals surface area contributed by atoms with Crippen LogP contribution in [0, 0.1) is 23.2 Å². The summed E-state index contributed by atoms with van der Waals surface area (Å²) < 4.78 is 0. The van der Waals surface area contributed by atoms with Crippen molar-refractivity contribution in [1.82, 2.24) is 0 Å². The second-order valence-corrected chi connectivity index (χ2v) is 7.60. The van der Waals surface area contributed by atoms with Crippen molar-refractivity contribution in [3.05, 3.63) is 23.8 Å². The van der Waals surface area contributed by atoms with Gasteiger partial charge in [-0.25, -0.2) is 4.79 Å². The van der Waals surface area contributed by atoms with E-state index in [0.717, 1.165) is 36.7 Å². The first-order valence-electron chi connectivity index (χ1n) is 8.42. The van der Waals surface area contributed by atoms with E-state index >= 15 is 0 Å². The lowest BCUT2D eigenvalue weighted by molar-refractivity contribution is -0.131. The molecule has 0 bridgehead atoms. The summed E-state index contributed by atoms with van der Waals surface area (Å²) >= 11 is 0. The monoisotopic (exact) mass is 290 g/mol. The first-order chi connectivity index (χ1) is 9.84. The molecule has 1 N–H and O–H groups in total. The maximum absolute atomic E-state index is 10.8. The zero-order valence-electron chi connectivity index (χ0n) is 13.8. The number of hydrogen-bond donors (Lipinski definition) is 1. The molecule has 2 heteroatoms. The van der Waals surface area contributed by atoms with Crippen molar-refractivity contribution in [3.63, 3.8) is 0 Å². The lowest BCUT2D eigenvalue weighted by Gasteiger charge is -2.54. The highest BCUT2D eigenvalue weighted by Crippen LogP contribution is 2.57. The Morgan fingerprint density at radius 3 is 2.86 bits per heavy atom. The standard InChI is InChI=1S/C19H30O2/c1-13(12-18(20)21)7-9-16-15(3)8-10-17-14(2)6-5-11-19(16,17)4/h12,14,16-17H,3,5-11H2,1-2,4H3,(H,20,21)/b13-12+/t14-,16+,17-,19-/m1/s1. The third kappa shape index (κ3) is 3.41. The van der Waals surface area contributed by atoms with Crippen molar-refractivity contribution < 1.29 is 9.90 Å². The van der Waals surface area contributed by atoms with Gasteiger partial charge in [-0.15, -0.1) is 0 Å². The van der Waals surface area contributed by atoms with Gasteiger partial charge in [0.1, 0.15) is 0 Å². The number of hydrogen-bond acceptors (Lipinski definition) is 1. The third-order valence-corrected chi connectivity index (χ3v) is 6.17. The van der Waals surface area contributed by atoms with Crippen LogP contribution in [0.5, 0.6) is 0 Å². The molecule has 0 unspecified atom stereocenters. The van der Waals surface area contributed by atoms with Crippen molar-refractivity contribution in [1.29, 1.82) is 0 Å². The molecule has 21 heavy (non-hydrogen) atoms. The summed E-state index contributed by atoms with van der Waals surface area (Å²) in [6.45, 7) is 11.2. The van der Waals surface area contributed by atoms with Crippen molar-refractivity contribution in [2.75, 3.05) is 0 Å². The van der Waals surface area contributed by atoms with E-state index in [1.165, 1.54) is 37.3 Å². The van der Waals surface area contributed by atoms with Gasteiger partial charge in [0.25, 0.3) is 0 Å². The number of allylic oxidation sites excluding steroid dienone is 2. The zero-order chi connectivity index (χ0) is 15.6. The summed E-state index contributed by atoms with van der Waals surface area (Å²) in [4.78, 5) is 10.8. The number of carboxylic acid groups (broad SMARTS) is 1. The fraction of sp³-hybridized carbons (Fsp3) is 0.737. The summed E-state index contributed by atoms with van der Waals surface area (Å²) in [5, 5.41) is 8.85. The molecular weight excluding hydrogens is 260 g/mol. The van der Waals surface area contributed by atoms with Crippen LogP contribution in [0.15, 0.2) is 23.8 Å². The largest absolute Gasteiger partial charge is 0.478 e. The minimum atomic E-state index is -0.828. The van der Waals surface area contributed by atoms with E-state index in [1.807, 2.05) is 6.92 Å². The molecule has 2 aliphatic carbocycles. The Morgan fingerprint density at radius 1 is 1.48 bits per heavy atom. The molecule has 0 radical (unpaired) electrons. The minimum Gasteiger partial charge on any atom is -0.478 e. The van der Waals surface area contributed by atoms with E-state index in [9.17, 15) is 4.79 Å². The quantitative estimate of drug-likeness (QED) is 0.570. The first kappa shape index (κ1) is 16.3. The van der Waals surface area contributed by atoms with Gasteiger partial charge in [0, 0.05) is 6.08 Å². The maximum atomic E-state index is 10.8. The van der Waals surface area contributed by atoms with Crippen LogP contribution in [-0.4, -0.2) is 11.1 Å². The van der Waals surface area contributed by atoms with Gasteiger partial charge >= 0.3 is 5.97 Å². The molecule has 0 spiro atoms. The Morgan fingerprint density at radius 2 is 2.19 bits per heavy atom. The fourth-order valence-electron chi connectivity index (χ4n) is 5.06. The van der Waals surface area contributed by atoms with Gasteiger partial charge in [0.05, 0.1) is 0 Å². The Kier molecular flexibility index (Phi) is 4.95. The average Bonchev–Trinajstić information content (AvgIpc) is 2.36. The van der Waals surface area contributed by atoms with Crippen LogP contribution < -0.4 is 0 Å². The van der Waals surface area contributed by atoms with Gasteiger partial charge in [-0.1, -0.05) is 44.4 Å². The van der Waals surface area contributed by atoms with E-state index in [2.05, 4.69) is 20.4 Å². The summed E-state index contributed by atoms with van der Waals surface area (Å²) in [5.41, 5.74) is 2.77. The molecule has 4 atom stereocenters. The smallest absolute Gasteiger partial charge is 0.328 e. The topological polar surface area (TPSA) is 37.3 Å². The number of aliphatic carboxylic acids is 1. The zero-order valence-corrected chi connectivity index (χ0v) is 13.8. The first-order valence-corrected chi connectivity index (χ1v) is 8.42. The number of fused-ring (bicyclic) bond motifs is 1. The Labute approximate surface area is 129 Å². The molecule has 2 fully saturated rings. The Bertz CT molecular complexity index is 448. The van der Waals surface area contributed by atoms with E-state index in [-0.39, 0.29) is 0 Å². The molecule has 0 amide bonds. The van der Waals surface area contributed by atoms with Crippen LogP contribution >= 0.6 is 0 Å². The van der Waals surface area contributed by atoms with Crippen LogP contribution in [0.2, 0.25) is 0 Å². The van der Waals surface area contributed by atoms with E-state index in [4.69, 9.17) is 5.11 Å². The molecule has 2 rings (SSSR count). The molecule has 0 heterocycles. The predicted octanol–water partition coefficient (Wildman–Crippen LogP) is 5.21. The van der Waals surface area contributed by atoms with Crippen LogP contribution in [0.1, 0.15) is 65.7 Å². The van der Waals surface area contributed by atoms with E-state index < -0.39 is 5.97 Å². The van der Waals surface area contributed by atoms with Crippen LogP contribution in [0.3, 0.4) is 0 Å². The van der Waals surface area contributed by atoms with E-state index in [0.29, 0.717) is 11.3 Å². The summed E-state index contributed by atoms with van der Waals surface area (Å²) in [7, 11) is 0. The molecule has 2 aliphatic rings. The van der Waals surface area contributed by atoms with Gasteiger partial charge in [-0.3, -0.25) is 0 Å². The predicted molar refractivity (Wildman–Crippen MR) is 87.1 cm³/mol. The molecule has 118 valence electrons. The molecule has 2 nitrogen and oxygen atoms in total. The van der Waals surface area contributed by atoms with Crippen molar-refractivity contribution in [3.8, 4) is 0 Å². The SMILES string of the molecule is C=C1CC[C@@H]2[C@H](C)CCC[C@]2(C)[C@H]1CC/C(C)=C/C(=O)O. The summed E-state index contributed by atoms with van der Waals surface area (Å²) in [5.74, 6) is 1.39. The highest BCUT2D eigenvalue weighted by Gasteiger charge is 2.48. The Balaban J connectivity index is 2.11. The molecular formula is C19H30O2. The van der Waals surface area contributed by atoms with Crippen LogP contribution in [0.4, 0.5) is 0 Å². The second-order valence-electron chi connectivity index (χ2n) is 7.60. The van der Waals surface area contributed by atoms with Gasteiger partial charge in [-0.05, 0) is 62.2 Å². The molecule has 0 aromatic rings. The lowest BCUT2D eigenvalue weighted by Crippen LogP contribution is -2.45. The number of rotatable bonds is 4. The minimum absolute atomic E-state index is 0.385. The molecule has 0 saturated heterocycles. The summed E-state index contributed by atoms with van der Waals surface area (Å²) in [6.07, 6.45) is 9.79. The molecule has 0 aliphatic heterocycles. The summed E-state index contributed by atoms with van der Waals surface area (Å²) in [6, 6.07) is 0. The molecule has 0 aromatic heterocycles. The van der Waals surface area contributed by atoms with Crippen molar-refractivity contribution in [2.45, 2.75) is 65.7 Å². The van der Waals surface area contributed by atoms with Gasteiger partial charge in [0.15, 0.2) is 0 Å². The highest BCUT2D eigenvalue weighted by atomic mass is 16.4. The average molecular weight is 290 g/mol. The van der Waals surface area contributed by atoms with Gasteiger partial charge < -0.3 is 5.11 Å². The second kappa shape index (κ2) is 6.37. The van der Waals surface area contributed by atoms with E-state index in [1.54, 1.807) is 0 Å². The van der Waals surface area contributed by atoms with Gasteiger partial charge in [-0.2, -0.15) is 0 Å². The number of carboxylic acids is 1. The fourth-order valence-corrected chi connectivity index (χ4v) is 5.06. The lowest BCUT2D eigenvalue weighted by atomic mass is 9.51. The van der Waals surface area contributed by atoms with Crippen molar-refractivity contribution in [2.24, 2.45) is 23.2 Å². The third-order valence-electron chi connectivity index (χ3n) is 6.17. The Hall–Kier alpha value is -1.05.